The molecule has 1 aliphatic rings. The van der Waals surface area contributed by atoms with Crippen LogP contribution in [0.15, 0.2) is 35.4 Å². The van der Waals surface area contributed by atoms with Gasteiger partial charge in [-0.1, -0.05) is 0 Å². The van der Waals surface area contributed by atoms with Crippen LogP contribution in [-0.2, 0) is 9.09 Å². The number of phosphoric ester groups is 1. The van der Waals surface area contributed by atoms with Gasteiger partial charge in [0.2, 0.25) is 5.95 Å². The van der Waals surface area contributed by atoms with Crippen molar-refractivity contribution in [2.45, 2.75) is 12.5 Å². The maximum absolute atomic E-state index is 12.9. The number of nitrogens with one attached hydrogen (secondary N) is 1. The molecule has 0 spiro atoms. The van der Waals surface area contributed by atoms with Crippen LogP contribution < -0.4 is 15.8 Å². The van der Waals surface area contributed by atoms with Crippen molar-refractivity contribution in [3.63, 3.8) is 0 Å². The van der Waals surface area contributed by atoms with Crippen molar-refractivity contribution < 1.29 is 28.0 Å². The summed E-state index contributed by atoms with van der Waals surface area (Å²) in [6.07, 6.45) is 1.94. The lowest BCUT2D eigenvalue weighted by Gasteiger charge is -2.44. The predicted molar refractivity (Wildman–Crippen MR) is 103 cm³/mol. The van der Waals surface area contributed by atoms with Gasteiger partial charge in [0.15, 0.2) is 11.2 Å². The average molecular weight is 439 g/mol. The molecule has 4 rings (SSSR count). The molecule has 160 valence electrons. The number of hydrogen-bond acceptors (Lipinski definition) is 8. The van der Waals surface area contributed by atoms with E-state index in [1.54, 1.807) is 4.57 Å². The Morgan fingerprint density at radius 2 is 2.10 bits per heavy atom. The minimum Gasteiger partial charge on any atom is -0.404 e. The van der Waals surface area contributed by atoms with Crippen molar-refractivity contribution in [2.24, 2.45) is 11.8 Å². The van der Waals surface area contributed by atoms with E-state index in [0.717, 1.165) is 12.1 Å². The smallest absolute Gasteiger partial charge is 0.404 e. The number of aromatic amines is 1. The first-order chi connectivity index (χ1) is 14.3. The number of aliphatic hydroxyl groups excluding tert-OH is 1. The molecule has 0 amide bonds. The summed E-state index contributed by atoms with van der Waals surface area (Å²) in [4.78, 5) is 32.3. The summed E-state index contributed by atoms with van der Waals surface area (Å²) < 4.78 is 36.7. The molecule has 1 aromatic carbocycles. The van der Waals surface area contributed by atoms with Crippen molar-refractivity contribution in [1.29, 1.82) is 0 Å². The minimum atomic E-state index is -4.43. The van der Waals surface area contributed by atoms with Crippen LogP contribution in [0, 0.1) is 17.7 Å². The van der Waals surface area contributed by atoms with Gasteiger partial charge in [-0.25, -0.2) is 13.9 Å². The number of imidazole rings is 1. The molecule has 0 saturated heterocycles. The maximum Gasteiger partial charge on any atom is 0.527 e. The lowest BCUT2D eigenvalue weighted by molar-refractivity contribution is -0.00487. The quantitative estimate of drug-likeness (QED) is 0.396. The molecule has 1 saturated carbocycles. The molecule has 0 radical (unpaired) electrons. The summed E-state index contributed by atoms with van der Waals surface area (Å²) in [6, 6.07) is 4.37. The maximum atomic E-state index is 12.9. The number of halogens is 1. The van der Waals surface area contributed by atoms with Gasteiger partial charge in [0, 0.05) is 18.6 Å². The molecule has 0 bridgehead atoms. The molecule has 0 aliphatic heterocycles. The number of nitrogens with zero attached hydrogens (tertiary/aromatic N) is 3. The largest absolute Gasteiger partial charge is 0.527 e. The van der Waals surface area contributed by atoms with Crippen molar-refractivity contribution in [2.75, 3.05) is 18.9 Å². The van der Waals surface area contributed by atoms with E-state index in [0.29, 0.717) is 12.1 Å². The zero-order valence-corrected chi connectivity index (χ0v) is 16.4. The van der Waals surface area contributed by atoms with E-state index in [2.05, 4.69) is 15.0 Å². The third-order valence-corrected chi connectivity index (χ3v) is 6.07. The van der Waals surface area contributed by atoms with E-state index < -0.39 is 19.2 Å². The lowest BCUT2D eigenvalue weighted by Crippen LogP contribution is -2.43. The highest BCUT2D eigenvalue weighted by Gasteiger charge is 2.44. The Morgan fingerprint density at radius 1 is 1.37 bits per heavy atom. The van der Waals surface area contributed by atoms with Crippen LogP contribution >= 0.6 is 7.82 Å². The SMILES string of the molecule is Nc1nc2c(ncn2[C@@H]2C[C@H](COP(=O)(O)Oc3ccc(F)cc3)[C@H]2CO)c(=O)[nH]1. The molecule has 1 unspecified atom stereocenters. The highest BCUT2D eigenvalue weighted by molar-refractivity contribution is 7.47. The molecular weight excluding hydrogens is 420 g/mol. The molecule has 2 heterocycles. The number of fused-ring (bicyclic) bond motifs is 1. The Bertz CT molecular complexity index is 1170. The number of aliphatic hydroxyl groups is 1. The second kappa shape index (κ2) is 7.80. The third-order valence-electron chi connectivity index (χ3n) is 5.15. The normalized spacial score (nSPS) is 23.1. The molecule has 1 fully saturated rings. The van der Waals surface area contributed by atoms with E-state index in [1.165, 1.54) is 18.5 Å². The molecule has 3 aromatic rings. The first kappa shape index (κ1) is 20.5. The molecule has 11 nitrogen and oxygen atoms in total. The molecule has 30 heavy (non-hydrogen) atoms. The fourth-order valence-electron chi connectivity index (χ4n) is 3.59. The molecular formula is C17H19FN5O6P. The highest BCUT2D eigenvalue weighted by Crippen LogP contribution is 2.49. The summed E-state index contributed by atoms with van der Waals surface area (Å²) in [5.41, 5.74) is 5.57. The van der Waals surface area contributed by atoms with Gasteiger partial charge in [0.1, 0.15) is 11.6 Å². The summed E-state index contributed by atoms with van der Waals surface area (Å²) in [7, 11) is -4.43. The van der Waals surface area contributed by atoms with Crippen molar-refractivity contribution in [3.05, 3.63) is 46.8 Å². The van der Waals surface area contributed by atoms with E-state index >= 15 is 0 Å². The highest BCUT2D eigenvalue weighted by atomic mass is 31.2. The standard InChI is InChI=1S/C17H19FN5O6P/c18-10-1-3-11(4-2-10)29-30(26,27)28-7-9-5-13(12(9)6-24)23-8-20-14-15(23)21-17(19)22-16(14)25/h1-4,8-9,12-13,24H,5-7H2,(H,26,27)(H3,19,21,22,25)/t9-,12-,13-/m1/s1. The number of aromatic nitrogens is 4. The number of anilines is 1. The fraction of sp³-hybridized carbons (Fsp3) is 0.353. The number of nitrogens with two attached hydrogens (primary N) is 1. The summed E-state index contributed by atoms with van der Waals surface area (Å²) in [5, 5.41) is 9.80. The van der Waals surface area contributed by atoms with Crippen LogP contribution in [-0.4, -0.2) is 42.7 Å². The summed E-state index contributed by atoms with van der Waals surface area (Å²) in [5.74, 6) is -1.13. The first-order valence-electron chi connectivity index (χ1n) is 9.03. The molecule has 13 heteroatoms. The molecule has 4 atom stereocenters. The second-order valence-electron chi connectivity index (χ2n) is 6.99. The van der Waals surface area contributed by atoms with Gasteiger partial charge in [-0.2, -0.15) is 4.98 Å². The third kappa shape index (κ3) is 3.94. The number of hydrogen-bond donors (Lipinski definition) is 4. The Morgan fingerprint density at radius 3 is 2.80 bits per heavy atom. The molecule has 2 aromatic heterocycles. The van der Waals surface area contributed by atoms with Gasteiger partial charge in [0.25, 0.3) is 5.56 Å². The summed E-state index contributed by atoms with van der Waals surface area (Å²) >= 11 is 0. The second-order valence-corrected chi connectivity index (χ2v) is 8.37. The molecule has 1 aliphatic carbocycles. The number of benzene rings is 1. The van der Waals surface area contributed by atoms with Gasteiger partial charge in [-0.05, 0) is 36.6 Å². The monoisotopic (exact) mass is 439 g/mol. The van der Waals surface area contributed by atoms with Gasteiger partial charge in [-0.3, -0.25) is 19.2 Å². The topological polar surface area (TPSA) is 166 Å². The lowest BCUT2D eigenvalue weighted by atomic mass is 9.70. The van der Waals surface area contributed by atoms with Crippen molar-refractivity contribution >= 4 is 24.9 Å². The number of phosphoric acid groups is 1. The Hall–Kier alpha value is -2.79. The number of rotatable bonds is 7. The van der Waals surface area contributed by atoms with Gasteiger partial charge >= 0.3 is 7.82 Å². The Labute approximate surface area is 168 Å². The fourth-order valence-corrected chi connectivity index (χ4v) is 4.41. The van der Waals surface area contributed by atoms with E-state index in [-0.39, 0.29) is 48.3 Å². The Balaban J connectivity index is 1.42. The van der Waals surface area contributed by atoms with E-state index in [9.17, 15) is 23.7 Å². The number of H-pyrrole nitrogens is 1. The van der Waals surface area contributed by atoms with Crippen LogP contribution in [0.4, 0.5) is 10.3 Å². The Kier molecular flexibility index (Phi) is 5.33. The van der Waals surface area contributed by atoms with Gasteiger partial charge < -0.3 is 19.9 Å². The van der Waals surface area contributed by atoms with Crippen LogP contribution in [0.5, 0.6) is 5.75 Å². The van der Waals surface area contributed by atoms with Crippen molar-refractivity contribution in [3.8, 4) is 5.75 Å². The van der Waals surface area contributed by atoms with Crippen molar-refractivity contribution in [1.82, 2.24) is 19.5 Å². The average Bonchev–Trinajstić information content (AvgIpc) is 3.06. The van der Waals surface area contributed by atoms with Gasteiger partial charge in [-0.15, -0.1) is 0 Å². The zero-order valence-electron chi connectivity index (χ0n) is 15.5. The minimum absolute atomic E-state index is 0.00815. The molecule has 5 N–H and O–H groups in total. The van der Waals surface area contributed by atoms with Crippen LogP contribution in [0.2, 0.25) is 0 Å². The van der Waals surface area contributed by atoms with E-state index in [4.69, 9.17) is 14.8 Å². The van der Waals surface area contributed by atoms with E-state index in [1.807, 2.05) is 0 Å². The first-order valence-corrected chi connectivity index (χ1v) is 10.5. The van der Waals surface area contributed by atoms with Crippen LogP contribution in [0.3, 0.4) is 0 Å². The summed E-state index contributed by atoms with van der Waals surface area (Å²) in [6.45, 7) is -0.356. The van der Waals surface area contributed by atoms with Crippen LogP contribution in [0.1, 0.15) is 12.5 Å². The van der Waals surface area contributed by atoms with Gasteiger partial charge in [0.05, 0.1) is 12.9 Å². The number of nitrogen functional groups attached to an aromatic ring is 1. The zero-order chi connectivity index (χ0) is 21.5. The predicted octanol–water partition coefficient (Wildman–Crippen LogP) is 1.21. The van der Waals surface area contributed by atoms with Crippen LogP contribution in [0.25, 0.3) is 11.2 Å².